The molecule has 1 N–H and O–H groups in total. The summed E-state index contributed by atoms with van der Waals surface area (Å²) < 4.78 is 0. The Hall–Kier alpha value is -0.0800. The van der Waals surface area contributed by atoms with E-state index >= 15 is 0 Å². The molecule has 0 aromatic carbocycles. The lowest BCUT2D eigenvalue weighted by atomic mass is 9.74. The molecular formula is C12H25NO. The molecule has 1 rings (SSSR count). The van der Waals surface area contributed by atoms with Crippen LogP contribution in [0.4, 0.5) is 0 Å². The number of aliphatic hydroxyl groups is 1. The highest BCUT2D eigenvalue weighted by molar-refractivity contribution is 4.82. The van der Waals surface area contributed by atoms with E-state index in [1.807, 2.05) is 0 Å². The van der Waals surface area contributed by atoms with Gasteiger partial charge < -0.3 is 10.0 Å². The molecule has 0 atom stereocenters. The van der Waals surface area contributed by atoms with Gasteiger partial charge in [-0.3, -0.25) is 0 Å². The maximum absolute atomic E-state index is 9.30. The molecule has 0 saturated carbocycles. The summed E-state index contributed by atoms with van der Waals surface area (Å²) in [6.45, 7) is 10.6. The Morgan fingerprint density at radius 1 is 1.29 bits per heavy atom. The number of aliphatic hydroxyl groups excluding tert-OH is 1. The van der Waals surface area contributed by atoms with Crippen LogP contribution in [0.5, 0.6) is 0 Å². The van der Waals surface area contributed by atoms with Crippen LogP contribution in [0.3, 0.4) is 0 Å². The lowest BCUT2D eigenvalue weighted by molar-refractivity contribution is 0.0493. The zero-order valence-corrected chi connectivity index (χ0v) is 9.92. The molecule has 0 bridgehead atoms. The third-order valence-corrected chi connectivity index (χ3v) is 3.64. The first kappa shape index (κ1) is 12.0. The minimum Gasteiger partial charge on any atom is -0.396 e. The molecular weight excluding hydrogens is 174 g/mol. The van der Waals surface area contributed by atoms with Crippen LogP contribution < -0.4 is 0 Å². The third kappa shape index (κ3) is 2.96. The summed E-state index contributed by atoms with van der Waals surface area (Å²) in [6, 6.07) is 0. The fourth-order valence-corrected chi connectivity index (χ4v) is 2.38. The van der Waals surface area contributed by atoms with E-state index < -0.39 is 0 Å². The molecule has 2 heteroatoms. The molecule has 0 unspecified atom stereocenters. The molecule has 1 fully saturated rings. The average Bonchev–Trinajstić information content (AvgIpc) is 2.19. The minimum atomic E-state index is 0.123. The lowest BCUT2D eigenvalue weighted by Crippen LogP contribution is -2.40. The highest BCUT2D eigenvalue weighted by Gasteiger charge is 2.31. The number of hydrogen-bond donors (Lipinski definition) is 1. The van der Waals surface area contributed by atoms with Crippen LogP contribution in [-0.2, 0) is 0 Å². The smallest absolute Gasteiger partial charge is 0.0484 e. The Kier molecular flexibility index (Phi) is 4.39. The predicted octanol–water partition coefficient (Wildman–Crippen LogP) is 2.13. The second kappa shape index (κ2) is 5.13. The van der Waals surface area contributed by atoms with Crippen molar-refractivity contribution < 1.29 is 5.11 Å². The van der Waals surface area contributed by atoms with Crippen molar-refractivity contribution in [2.45, 2.75) is 40.0 Å². The van der Waals surface area contributed by atoms with Gasteiger partial charge in [0.1, 0.15) is 0 Å². The van der Waals surface area contributed by atoms with Crippen molar-refractivity contribution in [3.8, 4) is 0 Å². The van der Waals surface area contributed by atoms with E-state index in [1.165, 1.54) is 38.9 Å². The first-order valence-electron chi connectivity index (χ1n) is 5.93. The predicted molar refractivity (Wildman–Crippen MR) is 60.3 cm³/mol. The van der Waals surface area contributed by atoms with E-state index in [4.69, 9.17) is 0 Å². The monoisotopic (exact) mass is 199 g/mol. The Morgan fingerprint density at radius 2 is 1.86 bits per heavy atom. The van der Waals surface area contributed by atoms with Crippen LogP contribution in [0, 0.1) is 11.3 Å². The van der Waals surface area contributed by atoms with Crippen LogP contribution in [0.2, 0.25) is 0 Å². The molecule has 0 aromatic rings. The normalized spacial score (nSPS) is 21.4. The molecule has 84 valence electrons. The van der Waals surface area contributed by atoms with Crippen LogP contribution in [0.15, 0.2) is 0 Å². The van der Waals surface area contributed by atoms with Gasteiger partial charge in [-0.05, 0) is 50.2 Å². The first-order valence-corrected chi connectivity index (χ1v) is 5.93. The van der Waals surface area contributed by atoms with Gasteiger partial charge in [0.05, 0.1) is 0 Å². The highest BCUT2D eigenvalue weighted by Crippen LogP contribution is 2.34. The summed E-state index contributed by atoms with van der Waals surface area (Å²) in [5.41, 5.74) is 0.123. The summed E-state index contributed by atoms with van der Waals surface area (Å²) in [5, 5.41) is 9.30. The zero-order chi connectivity index (χ0) is 10.6. The fraction of sp³-hybridized carbons (Fsp3) is 1.00. The molecule has 0 aliphatic carbocycles. The van der Waals surface area contributed by atoms with E-state index in [9.17, 15) is 5.11 Å². The molecule has 1 aliphatic heterocycles. The number of nitrogens with zero attached hydrogens (tertiary/aromatic N) is 1. The Morgan fingerprint density at radius 3 is 2.29 bits per heavy atom. The topological polar surface area (TPSA) is 23.5 Å². The third-order valence-electron chi connectivity index (χ3n) is 3.64. The molecule has 1 heterocycles. The average molecular weight is 199 g/mol. The summed E-state index contributed by atoms with van der Waals surface area (Å²) >= 11 is 0. The Bertz CT molecular complexity index is 160. The van der Waals surface area contributed by atoms with E-state index in [1.54, 1.807) is 0 Å². The van der Waals surface area contributed by atoms with Crippen LogP contribution >= 0.6 is 0 Å². The molecule has 0 aromatic heterocycles. The fourth-order valence-electron chi connectivity index (χ4n) is 2.38. The Balaban J connectivity index is 2.35. The van der Waals surface area contributed by atoms with E-state index in [-0.39, 0.29) is 5.41 Å². The standard InChI is InChI=1S/C12H25NO/c1-4-7-13-8-5-11(6-9-13)12(2,3)10-14/h11,14H,4-10H2,1-3H3. The summed E-state index contributed by atoms with van der Waals surface area (Å²) in [4.78, 5) is 2.55. The summed E-state index contributed by atoms with van der Waals surface area (Å²) in [5.74, 6) is 0.709. The molecule has 0 spiro atoms. The van der Waals surface area contributed by atoms with Gasteiger partial charge in [0, 0.05) is 6.61 Å². The van der Waals surface area contributed by atoms with Crippen LogP contribution in [-0.4, -0.2) is 36.2 Å². The molecule has 1 aliphatic rings. The highest BCUT2D eigenvalue weighted by atomic mass is 16.3. The van der Waals surface area contributed by atoms with Crippen molar-refractivity contribution in [3.63, 3.8) is 0 Å². The second-order valence-corrected chi connectivity index (χ2v) is 5.26. The van der Waals surface area contributed by atoms with Crippen molar-refractivity contribution in [1.29, 1.82) is 0 Å². The van der Waals surface area contributed by atoms with Gasteiger partial charge in [0.15, 0.2) is 0 Å². The molecule has 2 nitrogen and oxygen atoms in total. The van der Waals surface area contributed by atoms with Gasteiger partial charge in [0.25, 0.3) is 0 Å². The van der Waals surface area contributed by atoms with Crippen molar-refractivity contribution >= 4 is 0 Å². The van der Waals surface area contributed by atoms with Crippen molar-refractivity contribution in [2.24, 2.45) is 11.3 Å². The van der Waals surface area contributed by atoms with Crippen molar-refractivity contribution in [2.75, 3.05) is 26.2 Å². The zero-order valence-electron chi connectivity index (χ0n) is 9.92. The molecule has 14 heavy (non-hydrogen) atoms. The maximum Gasteiger partial charge on any atom is 0.0484 e. The van der Waals surface area contributed by atoms with Crippen molar-refractivity contribution in [3.05, 3.63) is 0 Å². The first-order chi connectivity index (χ1) is 6.60. The van der Waals surface area contributed by atoms with Crippen LogP contribution in [0.1, 0.15) is 40.0 Å². The minimum absolute atomic E-state index is 0.123. The summed E-state index contributed by atoms with van der Waals surface area (Å²) in [7, 11) is 0. The number of hydrogen-bond acceptors (Lipinski definition) is 2. The van der Waals surface area contributed by atoms with Crippen molar-refractivity contribution in [1.82, 2.24) is 4.90 Å². The number of piperidine rings is 1. The van der Waals surface area contributed by atoms with E-state index in [0.29, 0.717) is 12.5 Å². The second-order valence-electron chi connectivity index (χ2n) is 5.26. The van der Waals surface area contributed by atoms with Gasteiger partial charge in [-0.15, -0.1) is 0 Å². The number of rotatable bonds is 4. The van der Waals surface area contributed by atoms with Gasteiger partial charge in [0.2, 0.25) is 0 Å². The maximum atomic E-state index is 9.30. The molecule has 0 amide bonds. The van der Waals surface area contributed by atoms with E-state index in [2.05, 4.69) is 25.7 Å². The van der Waals surface area contributed by atoms with Gasteiger partial charge >= 0.3 is 0 Å². The Labute approximate surface area is 88.3 Å². The van der Waals surface area contributed by atoms with E-state index in [0.717, 1.165) is 0 Å². The SMILES string of the molecule is CCCN1CCC(C(C)(C)CO)CC1. The molecule has 0 radical (unpaired) electrons. The largest absolute Gasteiger partial charge is 0.396 e. The lowest BCUT2D eigenvalue weighted by Gasteiger charge is -2.39. The molecule has 1 saturated heterocycles. The van der Waals surface area contributed by atoms with Crippen LogP contribution in [0.25, 0.3) is 0 Å². The summed E-state index contributed by atoms with van der Waals surface area (Å²) in [6.07, 6.45) is 3.77. The van der Waals surface area contributed by atoms with Gasteiger partial charge in [-0.1, -0.05) is 20.8 Å². The quantitative estimate of drug-likeness (QED) is 0.749. The van der Waals surface area contributed by atoms with Gasteiger partial charge in [-0.2, -0.15) is 0 Å². The number of likely N-dealkylation sites (tertiary alicyclic amines) is 1. The van der Waals surface area contributed by atoms with Gasteiger partial charge in [-0.25, -0.2) is 0 Å².